The van der Waals surface area contributed by atoms with E-state index in [9.17, 15) is 5.11 Å². The Morgan fingerprint density at radius 3 is 2.77 bits per heavy atom. The highest BCUT2D eigenvalue weighted by Crippen LogP contribution is 2.19. The van der Waals surface area contributed by atoms with Gasteiger partial charge in [-0.15, -0.1) is 0 Å². The molecule has 0 fully saturated rings. The number of hydrogen-bond acceptors (Lipinski definition) is 4. The molecule has 0 aliphatic carbocycles. The van der Waals surface area contributed by atoms with Gasteiger partial charge in [0.25, 0.3) is 0 Å². The molecule has 114 valence electrons. The topological polar surface area (TPSA) is 84.2 Å². The zero-order valence-corrected chi connectivity index (χ0v) is 12.2. The number of nitrogen functional groups attached to an aromatic ring is 1. The van der Waals surface area contributed by atoms with Crippen LogP contribution in [-0.4, -0.2) is 28.0 Å². The van der Waals surface area contributed by atoms with Crippen molar-refractivity contribution >= 4 is 16.7 Å². The number of rotatable bonds is 6. The molecule has 1 unspecified atom stereocenters. The second kappa shape index (κ2) is 6.60. The Morgan fingerprint density at radius 1 is 1.14 bits per heavy atom. The molecule has 0 spiro atoms. The van der Waals surface area contributed by atoms with Gasteiger partial charge in [-0.1, -0.05) is 36.4 Å². The third-order valence-electron chi connectivity index (χ3n) is 3.55. The van der Waals surface area contributed by atoms with E-state index in [2.05, 4.69) is 10.2 Å². The van der Waals surface area contributed by atoms with Gasteiger partial charge in [0.1, 0.15) is 0 Å². The summed E-state index contributed by atoms with van der Waals surface area (Å²) in [7, 11) is 0. The molecule has 0 bridgehead atoms. The van der Waals surface area contributed by atoms with Crippen LogP contribution in [0, 0.1) is 0 Å². The van der Waals surface area contributed by atoms with Crippen LogP contribution in [0.3, 0.4) is 0 Å². The SMILES string of the molecule is Nc1n[nH]c2cc(CC(O)COCc3ccccc3)ccc12. The van der Waals surface area contributed by atoms with E-state index in [4.69, 9.17) is 10.5 Å². The first-order chi connectivity index (χ1) is 10.7. The van der Waals surface area contributed by atoms with Crippen molar-refractivity contribution in [2.45, 2.75) is 19.1 Å². The standard InChI is InChI=1S/C17H19N3O2/c18-17-15-7-6-13(9-16(15)19-20-17)8-14(21)11-22-10-12-4-2-1-3-5-12/h1-7,9,14,21H,8,10-11H2,(H3,18,19,20). The highest BCUT2D eigenvalue weighted by Gasteiger charge is 2.08. The number of H-pyrrole nitrogens is 1. The van der Waals surface area contributed by atoms with Gasteiger partial charge in [-0.3, -0.25) is 5.10 Å². The second-order valence-corrected chi connectivity index (χ2v) is 5.35. The summed E-state index contributed by atoms with van der Waals surface area (Å²) in [6.45, 7) is 0.812. The Kier molecular flexibility index (Phi) is 4.37. The molecule has 0 aliphatic heterocycles. The minimum absolute atomic E-state index is 0.304. The molecule has 0 radical (unpaired) electrons. The van der Waals surface area contributed by atoms with E-state index in [1.807, 2.05) is 48.5 Å². The normalized spacial score (nSPS) is 12.6. The lowest BCUT2D eigenvalue weighted by Crippen LogP contribution is -2.18. The summed E-state index contributed by atoms with van der Waals surface area (Å²) in [5, 5.41) is 17.8. The molecular weight excluding hydrogens is 278 g/mol. The minimum Gasteiger partial charge on any atom is -0.390 e. The predicted molar refractivity (Wildman–Crippen MR) is 86.3 cm³/mol. The molecule has 3 rings (SSSR count). The van der Waals surface area contributed by atoms with Gasteiger partial charge in [0.15, 0.2) is 5.82 Å². The Labute approximate surface area is 128 Å². The van der Waals surface area contributed by atoms with E-state index in [0.29, 0.717) is 25.5 Å². The maximum Gasteiger partial charge on any atom is 0.153 e. The Hall–Kier alpha value is -2.37. The highest BCUT2D eigenvalue weighted by molar-refractivity contribution is 5.88. The summed E-state index contributed by atoms with van der Waals surface area (Å²) in [6, 6.07) is 15.7. The summed E-state index contributed by atoms with van der Waals surface area (Å²) in [6.07, 6.45) is -0.00894. The first-order valence-electron chi connectivity index (χ1n) is 7.24. The number of aromatic nitrogens is 2. The van der Waals surface area contributed by atoms with Crippen LogP contribution in [-0.2, 0) is 17.8 Å². The van der Waals surface area contributed by atoms with E-state index in [1.54, 1.807) is 0 Å². The molecule has 22 heavy (non-hydrogen) atoms. The number of nitrogens with two attached hydrogens (primary N) is 1. The van der Waals surface area contributed by atoms with Gasteiger partial charge in [0.2, 0.25) is 0 Å². The highest BCUT2D eigenvalue weighted by atomic mass is 16.5. The van der Waals surface area contributed by atoms with E-state index in [0.717, 1.165) is 22.0 Å². The molecule has 1 atom stereocenters. The molecule has 1 aromatic heterocycles. The van der Waals surface area contributed by atoms with Crippen molar-refractivity contribution in [2.24, 2.45) is 0 Å². The zero-order valence-electron chi connectivity index (χ0n) is 12.2. The third-order valence-corrected chi connectivity index (χ3v) is 3.55. The molecule has 0 aliphatic rings. The largest absolute Gasteiger partial charge is 0.390 e. The maximum absolute atomic E-state index is 10.1. The number of nitrogens with one attached hydrogen (secondary N) is 1. The summed E-state index contributed by atoms with van der Waals surface area (Å²) in [5.74, 6) is 0.494. The lowest BCUT2D eigenvalue weighted by atomic mass is 10.1. The number of hydrogen-bond donors (Lipinski definition) is 3. The van der Waals surface area contributed by atoms with E-state index in [1.165, 1.54) is 0 Å². The van der Waals surface area contributed by atoms with Crippen molar-refractivity contribution in [2.75, 3.05) is 12.3 Å². The number of aliphatic hydroxyl groups excluding tert-OH is 1. The van der Waals surface area contributed by atoms with Crippen molar-refractivity contribution in [3.05, 3.63) is 59.7 Å². The van der Waals surface area contributed by atoms with Crippen LogP contribution in [0.4, 0.5) is 5.82 Å². The molecule has 2 aromatic carbocycles. The molecule has 0 amide bonds. The van der Waals surface area contributed by atoms with Crippen molar-refractivity contribution in [1.29, 1.82) is 0 Å². The maximum atomic E-state index is 10.1. The van der Waals surface area contributed by atoms with Crippen molar-refractivity contribution in [3.8, 4) is 0 Å². The first-order valence-corrected chi connectivity index (χ1v) is 7.24. The molecule has 3 aromatic rings. The predicted octanol–water partition coefficient (Wildman–Crippen LogP) is 2.27. The van der Waals surface area contributed by atoms with Crippen molar-refractivity contribution < 1.29 is 9.84 Å². The average Bonchev–Trinajstić information content (AvgIpc) is 2.89. The summed E-state index contributed by atoms with van der Waals surface area (Å²) >= 11 is 0. The van der Waals surface area contributed by atoms with E-state index >= 15 is 0 Å². The lowest BCUT2D eigenvalue weighted by molar-refractivity contribution is 0.0289. The fourth-order valence-electron chi connectivity index (χ4n) is 2.43. The van der Waals surface area contributed by atoms with Gasteiger partial charge < -0.3 is 15.6 Å². The third kappa shape index (κ3) is 3.44. The van der Waals surface area contributed by atoms with Gasteiger partial charge in [0.05, 0.1) is 24.8 Å². The van der Waals surface area contributed by atoms with Gasteiger partial charge in [-0.25, -0.2) is 0 Å². The Balaban J connectivity index is 1.53. The second-order valence-electron chi connectivity index (χ2n) is 5.35. The smallest absolute Gasteiger partial charge is 0.153 e. The van der Waals surface area contributed by atoms with Gasteiger partial charge in [0, 0.05) is 11.8 Å². The van der Waals surface area contributed by atoms with Crippen LogP contribution in [0.25, 0.3) is 10.9 Å². The van der Waals surface area contributed by atoms with Crippen LogP contribution in [0.1, 0.15) is 11.1 Å². The Bertz CT molecular complexity index is 740. The summed E-state index contributed by atoms with van der Waals surface area (Å²) in [4.78, 5) is 0. The fraction of sp³-hybridized carbons (Fsp3) is 0.235. The zero-order chi connectivity index (χ0) is 15.4. The van der Waals surface area contributed by atoms with Crippen LogP contribution in [0.2, 0.25) is 0 Å². The molecular formula is C17H19N3O2. The van der Waals surface area contributed by atoms with Gasteiger partial charge >= 0.3 is 0 Å². The van der Waals surface area contributed by atoms with Gasteiger partial charge in [-0.2, -0.15) is 5.10 Å². The first kappa shape index (κ1) is 14.6. The number of fused-ring (bicyclic) bond motifs is 1. The average molecular weight is 297 g/mol. The fourth-order valence-corrected chi connectivity index (χ4v) is 2.43. The van der Waals surface area contributed by atoms with Crippen LogP contribution < -0.4 is 5.73 Å². The lowest BCUT2D eigenvalue weighted by Gasteiger charge is -2.11. The number of anilines is 1. The monoisotopic (exact) mass is 297 g/mol. The molecule has 4 N–H and O–H groups in total. The number of aliphatic hydroxyl groups is 1. The number of ether oxygens (including phenoxy) is 1. The quantitative estimate of drug-likeness (QED) is 0.651. The van der Waals surface area contributed by atoms with Crippen LogP contribution in [0.15, 0.2) is 48.5 Å². The summed E-state index contributed by atoms with van der Waals surface area (Å²) in [5.41, 5.74) is 8.74. The van der Waals surface area contributed by atoms with Crippen molar-refractivity contribution in [1.82, 2.24) is 10.2 Å². The molecule has 5 heteroatoms. The van der Waals surface area contributed by atoms with E-state index in [-0.39, 0.29) is 0 Å². The number of benzene rings is 2. The van der Waals surface area contributed by atoms with Crippen molar-refractivity contribution in [3.63, 3.8) is 0 Å². The Morgan fingerprint density at radius 2 is 1.95 bits per heavy atom. The molecule has 0 saturated carbocycles. The number of aromatic amines is 1. The molecule has 5 nitrogen and oxygen atoms in total. The van der Waals surface area contributed by atoms with Gasteiger partial charge in [-0.05, 0) is 23.3 Å². The summed E-state index contributed by atoms with van der Waals surface area (Å²) < 4.78 is 5.56. The van der Waals surface area contributed by atoms with Crippen LogP contribution in [0.5, 0.6) is 0 Å². The molecule has 0 saturated heterocycles. The van der Waals surface area contributed by atoms with Crippen LogP contribution >= 0.6 is 0 Å². The van der Waals surface area contributed by atoms with E-state index < -0.39 is 6.10 Å². The number of nitrogens with zero attached hydrogens (tertiary/aromatic N) is 1. The molecule has 1 heterocycles. The minimum atomic E-state index is -0.540.